The molecular formula is C18H33N3. The van der Waals surface area contributed by atoms with Gasteiger partial charge in [-0.3, -0.25) is 0 Å². The van der Waals surface area contributed by atoms with Crippen molar-refractivity contribution in [1.29, 1.82) is 0 Å². The predicted octanol–water partition coefficient (Wildman–Crippen LogP) is 4.15. The quantitative estimate of drug-likeness (QED) is 0.818. The molecule has 3 nitrogen and oxygen atoms in total. The van der Waals surface area contributed by atoms with Gasteiger partial charge in [-0.1, -0.05) is 20.3 Å². The van der Waals surface area contributed by atoms with Crippen molar-refractivity contribution in [2.45, 2.75) is 67.0 Å². The van der Waals surface area contributed by atoms with E-state index in [9.17, 15) is 0 Å². The molecule has 1 heterocycles. The number of nitrogens with one attached hydrogen (secondary N) is 1. The maximum Gasteiger partial charge on any atom is 0.131 e. The summed E-state index contributed by atoms with van der Waals surface area (Å²) in [6.45, 7) is 18.5. The molecule has 1 aromatic rings. The zero-order chi connectivity index (χ0) is 16.0. The number of rotatable bonds is 7. The van der Waals surface area contributed by atoms with Gasteiger partial charge in [0.15, 0.2) is 0 Å². The van der Waals surface area contributed by atoms with E-state index in [-0.39, 0.29) is 5.54 Å². The van der Waals surface area contributed by atoms with E-state index in [1.54, 1.807) is 0 Å². The van der Waals surface area contributed by atoms with E-state index >= 15 is 0 Å². The smallest absolute Gasteiger partial charge is 0.131 e. The lowest BCUT2D eigenvalue weighted by Crippen LogP contribution is -2.35. The van der Waals surface area contributed by atoms with Crippen LogP contribution in [0.15, 0.2) is 12.3 Å². The summed E-state index contributed by atoms with van der Waals surface area (Å²) in [7, 11) is 0. The Morgan fingerprint density at radius 1 is 1.29 bits per heavy atom. The Morgan fingerprint density at radius 2 is 1.95 bits per heavy atom. The second kappa shape index (κ2) is 7.79. The molecule has 0 aliphatic carbocycles. The van der Waals surface area contributed by atoms with E-state index < -0.39 is 0 Å². The first kappa shape index (κ1) is 18.0. The number of aryl methyl sites for hydroxylation is 1. The molecule has 1 atom stereocenters. The van der Waals surface area contributed by atoms with E-state index in [4.69, 9.17) is 4.98 Å². The Morgan fingerprint density at radius 3 is 2.43 bits per heavy atom. The van der Waals surface area contributed by atoms with E-state index in [2.05, 4.69) is 64.7 Å². The first-order valence-electron chi connectivity index (χ1n) is 8.22. The molecule has 21 heavy (non-hydrogen) atoms. The number of hydrogen-bond acceptors (Lipinski definition) is 3. The maximum absolute atomic E-state index is 4.72. The number of nitrogens with zero attached hydrogens (tertiary/aromatic N) is 2. The third-order valence-corrected chi connectivity index (χ3v) is 3.84. The molecule has 0 fully saturated rings. The van der Waals surface area contributed by atoms with Crippen LogP contribution in [0.2, 0.25) is 0 Å². The van der Waals surface area contributed by atoms with Crippen LogP contribution in [0.25, 0.3) is 0 Å². The fourth-order valence-electron chi connectivity index (χ4n) is 2.29. The van der Waals surface area contributed by atoms with Crippen LogP contribution >= 0.6 is 0 Å². The predicted molar refractivity (Wildman–Crippen MR) is 92.9 cm³/mol. The van der Waals surface area contributed by atoms with Crippen LogP contribution in [0.5, 0.6) is 0 Å². The molecule has 0 bridgehead atoms. The highest BCUT2D eigenvalue weighted by Gasteiger charge is 2.13. The van der Waals surface area contributed by atoms with Gasteiger partial charge in [-0.2, -0.15) is 0 Å². The molecule has 0 saturated heterocycles. The number of pyridine rings is 1. The summed E-state index contributed by atoms with van der Waals surface area (Å²) < 4.78 is 0. The van der Waals surface area contributed by atoms with Gasteiger partial charge >= 0.3 is 0 Å². The minimum Gasteiger partial charge on any atom is -0.356 e. The van der Waals surface area contributed by atoms with Gasteiger partial charge in [-0.25, -0.2) is 4.98 Å². The third-order valence-electron chi connectivity index (χ3n) is 3.84. The molecule has 1 N–H and O–H groups in total. The largest absolute Gasteiger partial charge is 0.356 e. The topological polar surface area (TPSA) is 28.2 Å². The van der Waals surface area contributed by atoms with Gasteiger partial charge in [0.1, 0.15) is 5.82 Å². The molecule has 0 amide bonds. The summed E-state index contributed by atoms with van der Waals surface area (Å²) in [5, 5.41) is 3.52. The lowest BCUT2D eigenvalue weighted by molar-refractivity contribution is 0.424. The van der Waals surface area contributed by atoms with Crippen molar-refractivity contribution in [3.63, 3.8) is 0 Å². The molecule has 1 unspecified atom stereocenters. The average Bonchev–Trinajstić information content (AvgIpc) is 2.42. The minimum atomic E-state index is 0.137. The maximum atomic E-state index is 4.72. The van der Waals surface area contributed by atoms with Crippen molar-refractivity contribution in [1.82, 2.24) is 10.3 Å². The normalized spacial score (nSPS) is 13.3. The zero-order valence-electron chi connectivity index (χ0n) is 15.0. The Bertz CT molecular complexity index is 435. The zero-order valence-corrected chi connectivity index (χ0v) is 15.0. The van der Waals surface area contributed by atoms with Crippen LogP contribution in [0, 0.1) is 12.8 Å². The van der Waals surface area contributed by atoms with E-state index in [1.807, 2.05) is 6.20 Å². The number of aromatic nitrogens is 1. The summed E-state index contributed by atoms with van der Waals surface area (Å²) >= 11 is 0. The van der Waals surface area contributed by atoms with E-state index in [1.165, 1.54) is 17.5 Å². The summed E-state index contributed by atoms with van der Waals surface area (Å²) in [5.74, 6) is 1.84. The summed E-state index contributed by atoms with van der Waals surface area (Å²) in [4.78, 5) is 7.12. The number of hydrogen-bond donors (Lipinski definition) is 1. The SMILES string of the molecule is CCC(C)CN(CC)c1ncc(CNC(C)(C)C)cc1C. The standard InChI is InChI=1S/C18H33N3/c1-8-14(3)13-21(9-2)17-15(4)10-16(11-19-17)12-20-18(5,6)7/h10-11,14,20H,8-9,12-13H2,1-7H3. The van der Waals surface area contributed by atoms with Gasteiger partial charge in [-0.05, 0) is 57.7 Å². The van der Waals surface area contributed by atoms with Crippen LogP contribution < -0.4 is 10.2 Å². The highest BCUT2D eigenvalue weighted by molar-refractivity contribution is 5.47. The molecule has 120 valence electrons. The molecule has 1 aromatic heterocycles. The lowest BCUT2D eigenvalue weighted by atomic mass is 10.1. The monoisotopic (exact) mass is 291 g/mol. The van der Waals surface area contributed by atoms with Crippen LogP contribution in [0.1, 0.15) is 59.1 Å². The lowest BCUT2D eigenvalue weighted by Gasteiger charge is -2.27. The summed E-state index contributed by atoms with van der Waals surface area (Å²) in [5.41, 5.74) is 2.66. The molecule has 0 aromatic carbocycles. The van der Waals surface area contributed by atoms with Crippen molar-refractivity contribution >= 4 is 5.82 Å². The Balaban J connectivity index is 2.81. The Hall–Kier alpha value is -1.09. The van der Waals surface area contributed by atoms with Crippen LogP contribution in [-0.4, -0.2) is 23.6 Å². The highest BCUT2D eigenvalue weighted by Crippen LogP contribution is 2.20. The van der Waals surface area contributed by atoms with Gasteiger partial charge in [0, 0.05) is 31.4 Å². The van der Waals surface area contributed by atoms with E-state index in [0.717, 1.165) is 25.5 Å². The first-order chi connectivity index (χ1) is 9.76. The molecule has 0 aliphatic rings. The van der Waals surface area contributed by atoms with Crippen LogP contribution in [0.3, 0.4) is 0 Å². The van der Waals surface area contributed by atoms with Crippen molar-refractivity contribution < 1.29 is 0 Å². The Labute approximate surface area is 131 Å². The van der Waals surface area contributed by atoms with Gasteiger partial charge in [0.2, 0.25) is 0 Å². The van der Waals surface area contributed by atoms with Crippen LogP contribution in [0.4, 0.5) is 5.82 Å². The van der Waals surface area contributed by atoms with Gasteiger partial charge in [0.05, 0.1) is 0 Å². The fraction of sp³-hybridized carbons (Fsp3) is 0.722. The molecule has 1 rings (SSSR count). The average molecular weight is 291 g/mol. The molecule has 0 saturated carbocycles. The van der Waals surface area contributed by atoms with Crippen LogP contribution in [-0.2, 0) is 6.54 Å². The summed E-state index contributed by atoms with van der Waals surface area (Å²) in [6, 6.07) is 2.26. The highest BCUT2D eigenvalue weighted by atomic mass is 15.2. The molecule has 0 radical (unpaired) electrons. The van der Waals surface area contributed by atoms with Crippen molar-refractivity contribution in [2.75, 3.05) is 18.0 Å². The summed E-state index contributed by atoms with van der Waals surface area (Å²) in [6.07, 6.45) is 3.23. The van der Waals surface area contributed by atoms with Gasteiger partial charge in [-0.15, -0.1) is 0 Å². The van der Waals surface area contributed by atoms with Crippen molar-refractivity contribution in [3.8, 4) is 0 Å². The fourth-order valence-corrected chi connectivity index (χ4v) is 2.29. The molecule has 3 heteroatoms. The Kier molecular flexibility index (Phi) is 6.66. The molecule has 0 aliphatic heterocycles. The third kappa shape index (κ3) is 6.04. The second-order valence-electron chi connectivity index (χ2n) is 7.14. The minimum absolute atomic E-state index is 0.137. The van der Waals surface area contributed by atoms with E-state index in [0.29, 0.717) is 5.92 Å². The molecule has 0 spiro atoms. The second-order valence-corrected chi connectivity index (χ2v) is 7.14. The van der Waals surface area contributed by atoms with Crippen molar-refractivity contribution in [3.05, 3.63) is 23.4 Å². The number of anilines is 1. The van der Waals surface area contributed by atoms with Gasteiger partial charge in [0.25, 0.3) is 0 Å². The van der Waals surface area contributed by atoms with Crippen molar-refractivity contribution in [2.24, 2.45) is 5.92 Å². The van der Waals surface area contributed by atoms with Gasteiger partial charge < -0.3 is 10.2 Å². The first-order valence-corrected chi connectivity index (χ1v) is 8.22. The molecular weight excluding hydrogens is 258 g/mol.